The summed E-state index contributed by atoms with van der Waals surface area (Å²) >= 11 is 0. The number of piperidine rings is 1. The topological polar surface area (TPSA) is 58.8 Å². The van der Waals surface area contributed by atoms with Crippen LogP contribution >= 0.6 is 0 Å². The van der Waals surface area contributed by atoms with Crippen LogP contribution in [0.1, 0.15) is 40.7 Å². The first-order valence-corrected chi connectivity index (χ1v) is 11.3. The van der Waals surface area contributed by atoms with Crippen LogP contribution in [0, 0.1) is 27.7 Å². The van der Waals surface area contributed by atoms with Crippen LogP contribution in [0.2, 0.25) is 0 Å². The smallest absolute Gasteiger partial charge is 0.260 e. The molecule has 31 heavy (non-hydrogen) atoms. The molecule has 0 atom stereocenters. The van der Waals surface area contributed by atoms with Crippen molar-refractivity contribution in [3.8, 4) is 5.75 Å². The first-order valence-electron chi connectivity index (χ1n) is 11.3. The van der Waals surface area contributed by atoms with E-state index < -0.39 is 0 Å². The third-order valence-corrected chi connectivity index (χ3v) is 7.01. The first kappa shape index (κ1) is 23.1. The van der Waals surface area contributed by atoms with E-state index in [-0.39, 0.29) is 18.6 Å². The van der Waals surface area contributed by atoms with Gasteiger partial charge < -0.3 is 20.3 Å². The lowest BCUT2D eigenvalue weighted by molar-refractivity contribution is -0.135. The Kier molecular flexibility index (Phi) is 7.60. The summed E-state index contributed by atoms with van der Waals surface area (Å²) < 4.78 is 6.01. The average molecular weight is 424 g/mol. The van der Waals surface area contributed by atoms with Gasteiger partial charge in [0.05, 0.1) is 0 Å². The van der Waals surface area contributed by atoms with Gasteiger partial charge in [-0.1, -0.05) is 30.3 Å². The molecule has 1 amide bonds. The molecule has 1 saturated heterocycles. The second-order valence-corrected chi connectivity index (χ2v) is 8.84. The van der Waals surface area contributed by atoms with Crippen LogP contribution in [0.4, 0.5) is 5.69 Å². The Bertz CT molecular complexity index is 874. The van der Waals surface area contributed by atoms with E-state index >= 15 is 0 Å². The molecule has 0 bridgehead atoms. The van der Waals surface area contributed by atoms with Gasteiger partial charge in [-0.25, -0.2) is 0 Å². The van der Waals surface area contributed by atoms with Crippen molar-refractivity contribution in [2.75, 3.05) is 39.0 Å². The highest BCUT2D eigenvalue weighted by atomic mass is 16.5. The van der Waals surface area contributed by atoms with E-state index in [1.54, 1.807) is 0 Å². The molecule has 2 aromatic rings. The predicted molar refractivity (Wildman–Crippen MR) is 128 cm³/mol. The minimum absolute atomic E-state index is 0.0358. The van der Waals surface area contributed by atoms with Gasteiger partial charge in [-0.15, -0.1) is 0 Å². The van der Waals surface area contributed by atoms with Crippen LogP contribution in [0.15, 0.2) is 30.3 Å². The fourth-order valence-corrected chi connectivity index (χ4v) is 4.43. The summed E-state index contributed by atoms with van der Waals surface area (Å²) in [6.45, 7) is 11.2. The number of anilines is 1. The largest absolute Gasteiger partial charge is 0.483 e. The van der Waals surface area contributed by atoms with Gasteiger partial charge in [0.25, 0.3) is 5.91 Å². The molecule has 1 fully saturated rings. The highest BCUT2D eigenvalue weighted by Gasteiger charge is 2.26. The molecule has 0 unspecified atom stereocenters. The second-order valence-electron chi connectivity index (χ2n) is 8.84. The molecular weight excluding hydrogens is 386 g/mol. The van der Waals surface area contributed by atoms with Gasteiger partial charge in [0.1, 0.15) is 5.75 Å². The fourth-order valence-electron chi connectivity index (χ4n) is 4.43. The van der Waals surface area contributed by atoms with Crippen LogP contribution < -0.4 is 10.5 Å². The highest BCUT2D eigenvalue weighted by molar-refractivity contribution is 5.78. The molecule has 1 heterocycles. The molecule has 5 heteroatoms. The van der Waals surface area contributed by atoms with Crippen molar-refractivity contribution in [3.05, 3.63) is 58.1 Å². The van der Waals surface area contributed by atoms with Crippen molar-refractivity contribution < 1.29 is 9.53 Å². The van der Waals surface area contributed by atoms with Gasteiger partial charge in [-0.3, -0.25) is 4.79 Å². The summed E-state index contributed by atoms with van der Waals surface area (Å²) in [4.78, 5) is 17.2. The molecule has 2 aromatic carbocycles. The summed E-state index contributed by atoms with van der Waals surface area (Å²) in [5.74, 6) is 0.829. The van der Waals surface area contributed by atoms with E-state index in [1.807, 2.05) is 39.6 Å². The molecule has 1 aliphatic heterocycles. The molecule has 0 aromatic heterocycles. The van der Waals surface area contributed by atoms with Crippen LogP contribution in [0.3, 0.4) is 0 Å². The Hall–Kier alpha value is -2.53. The molecule has 0 spiro atoms. The molecular formula is C26H37N3O2. The summed E-state index contributed by atoms with van der Waals surface area (Å²) in [7, 11) is 1.91. The zero-order chi connectivity index (χ0) is 22.5. The van der Waals surface area contributed by atoms with E-state index in [4.69, 9.17) is 10.5 Å². The number of nitrogens with two attached hydrogens (primary N) is 1. The number of carbonyl (C=O) groups is 1. The van der Waals surface area contributed by atoms with E-state index in [1.165, 1.54) is 5.56 Å². The molecule has 0 radical (unpaired) electrons. The fraction of sp³-hybridized carbons (Fsp3) is 0.500. The summed E-state index contributed by atoms with van der Waals surface area (Å²) in [5.41, 5.74) is 12.5. The Labute approximate surface area is 187 Å². The number of benzene rings is 2. The standard InChI is InChI=1S/C26H37N3O2/c1-18-20(3)26(21(4)19(2)25(18)27)31-17-24(30)28(5)23-12-15-29(16-13-23)14-11-22-9-7-6-8-10-22/h6-10,23H,11-17,27H2,1-5H3. The Balaban J connectivity index is 1.49. The lowest BCUT2D eigenvalue weighted by Crippen LogP contribution is -2.47. The van der Waals surface area contributed by atoms with Gasteiger partial charge in [-0.2, -0.15) is 0 Å². The maximum atomic E-state index is 12.8. The SMILES string of the molecule is Cc1c(C)c(OCC(=O)N(C)C2CCN(CCc3ccccc3)CC2)c(C)c(C)c1N. The number of carbonyl (C=O) groups excluding carboxylic acids is 1. The first-order chi connectivity index (χ1) is 14.8. The Morgan fingerprint density at radius 3 is 2.19 bits per heavy atom. The monoisotopic (exact) mass is 423 g/mol. The van der Waals surface area contributed by atoms with Crippen molar-refractivity contribution in [3.63, 3.8) is 0 Å². The van der Waals surface area contributed by atoms with Crippen LogP contribution in [0.5, 0.6) is 5.75 Å². The quantitative estimate of drug-likeness (QED) is 0.683. The van der Waals surface area contributed by atoms with Gasteiger partial charge in [0.15, 0.2) is 6.61 Å². The molecule has 5 nitrogen and oxygen atoms in total. The van der Waals surface area contributed by atoms with Crippen molar-refractivity contribution in [2.24, 2.45) is 0 Å². The molecule has 2 N–H and O–H groups in total. The maximum absolute atomic E-state index is 12.8. The molecule has 168 valence electrons. The highest BCUT2D eigenvalue weighted by Crippen LogP contribution is 2.34. The summed E-state index contributed by atoms with van der Waals surface area (Å²) in [6.07, 6.45) is 3.09. The van der Waals surface area contributed by atoms with Gasteiger partial charge in [-0.05, 0) is 74.8 Å². The third kappa shape index (κ3) is 5.40. The zero-order valence-electron chi connectivity index (χ0n) is 19.7. The van der Waals surface area contributed by atoms with Crippen molar-refractivity contribution in [1.82, 2.24) is 9.80 Å². The predicted octanol–water partition coefficient (Wildman–Crippen LogP) is 4.05. The lowest BCUT2D eigenvalue weighted by Gasteiger charge is -2.36. The van der Waals surface area contributed by atoms with Crippen LogP contribution in [0.25, 0.3) is 0 Å². The minimum atomic E-state index is 0.0358. The van der Waals surface area contributed by atoms with Crippen LogP contribution in [-0.4, -0.2) is 55.0 Å². The molecule has 0 aliphatic carbocycles. The lowest BCUT2D eigenvalue weighted by atomic mass is 9.97. The number of likely N-dealkylation sites (N-methyl/N-ethyl adjacent to an activating group) is 1. The van der Waals surface area contributed by atoms with Crippen molar-refractivity contribution in [2.45, 2.75) is 53.0 Å². The average Bonchev–Trinajstić information content (AvgIpc) is 2.80. The van der Waals surface area contributed by atoms with Crippen molar-refractivity contribution in [1.29, 1.82) is 0 Å². The molecule has 1 aliphatic rings. The molecule has 3 rings (SSSR count). The number of hydrogen-bond donors (Lipinski definition) is 1. The van der Waals surface area contributed by atoms with Gasteiger partial charge in [0.2, 0.25) is 0 Å². The number of nitrogens with zero attached hydrogens (tertiary/aromatic N) is 2. The summed E-state index contributed by atoms with van der Waals surface area (Å²) in [6, 6.07) is 10.9. The van der Waals surface area contributed by atoms with E-state index in [0.717, 1.165) is 72.6 Å². The molecule has 0 saturated carbocycles. The van der Waals surface area contributed by atoms with E-state index in [0.29, 0.717) is 0 Å². The van der Waals surface area contributed by atoms with Crippen LogP contribution in [-0.2, 0) is 11.2 Å². The number of ether oxygens (including phenoxy) is 1. The van der Waals surface area contributed by atoms with Gasteiger partial charge >= 0.3 is 0 Å². The summed E-state index contributed by atoms with van der Waals surface area (Å²) in [5, 5.41) is 0. The Morgan fingerprint density at radius 1 is 1.03 bits per heavy atom. The number of rotatable bonds is 7. The normalized spacial score (nSPS) is 15.1. The number of nitrogen functional groups attached to an aromatic ring is 1. The number of likely N-dealkylation sites (tertiary alicyclic amines) is 1. The van der Waals surface area contributed by atoms with Crippen molar-refractivity contribution >= 4 is 11.6 Å². The third-order valence-electron chi connectivity index (χ3n) is 7.01. The second kappa shape index (κ2) is 10.2. The number of hydrogen-bond acceptors (Lipinski definition) is 4. The van der Waals surface area contributed by atoms with E-state index in [2.05, 4.69) is 35.2 Å². The van der Waals surface area contributed by atoms with E-state index in [9.17, 15) is 4.79 Å². The maximum Gasteiger partial charge on any atom is 0.260 e. The van der Waals surface area contributed by atoms with Gasteiger partial charge in [0, 0.05) is 38.4 Å². The number of amides is 1. The zero-order valence-corrected chi connectivity index (χ0v) is 19.7. The minimum Gasteiger partial charge on any atom is -0.483 e. The Morgan fingerprint density at radius 2 is 1.61 bits per heavy atom.